The largest absolute Gasteiger partial charge is 0.338 e. The lowest BCUT2D eigenvalue weighted by Crippen LogP contribution is -2.27. The molecule has 2 N–H and O–H groups in total. The van der Waals surface area contributed by atoms with E-state index in [9.17, 15) is 0 Å². The van der Waals surface area contributed by atoms with E-state index in [0.717, 1.165) is 24.6 Å². The third kappa shape index (κ3) is 2.81. The summed E-state index contributed by atoms with van der Waals surface area (Å²) in [6.07, 6.45) is 2.31. The molecular weight excluding hydrogens is 236 g/mol. The van der Waals surface area contributed by atoms with Crippen molar-refractivity contribution in [3.8, 4) is 0 Å². The van der Waals surface area contributed by atoms with Gasteiger partial charge in [-0.2, -0.15) is 4.98 Å². The van der Waals surface area contributed by atoms with Crippen molar-refractivity contribution in [3.63, 3.8) is 0 Å². The first-order valence-electron chi connectivity index (χ1n) is 5.89. The maximum atomic E-state index is 6.02. The average Bonchev–Trinajstić information content (AvgIpc) is 2.85. The Bertz CT molecular complexity index is 373. The van der Waals surface area contributed by atoms with Crippen LogP contribution < -0.4 is 5.73 Å². The van der Waals surface area contributed by atoms with Gasteiger partial charge in [-0.1, -0.05) is 5.16 Å². The van der Waals surface area contributed by atoms with Gasteiger partial charge in [0.25, 0.3) is 0 Å². The molecule has 17 heavy (non-hydrogen) atoms. The predicted molar refractivity (Wildman–Crippen MR) is 68.8 cm³/mol. The van der Waals surface area contributed by atoms with Crippen LogP contribution in [0.25, 0.3) is 0 Å². The summed E-state index contributed by atoms with van der Waals surface area (Å²) in [6, 6.07) is -0.183. The predicted octanol–water partition coefficient (Wildman–Crippen LogP) is 1.37. The number of thioether (sulfide) groups is 1. The van der Waals surface area contributed by atoms with E-state index < -0.39 is 0 Å². The third-order valence-electron chi connectivity index (χ3n) is 3.01. The first-order chi connectivity index (χ1) is 8.01. The van der Waals surface area contributed by atoms with Crippen LogP contribution in [-0.2, 0) is 4.75 Å². The van der Waals surface area contributed by atoms with Gasteiger partial charge in [0, 0.05) is 6.54 Å². The second kappa shape index (κ2) is 4.96. The van der Waals surface area contributed by atoms with Crippen LogP contribution in [0.1, 0.15) is 37.5 Å². The molecule has 96 valence electrons. The Morgan fingerprint density at radius 3 is 2.94 bits per heavy atom. The first-order valence-corrected chi connectivity index (χ1v) is 6.88. The molecule has 1 aromatic rings. The molecule has 2 heterocycles. The lowest BCUT2D eigenvalue weighted by molar-refractivity contribution is 0.329. The number of nitrogens with zero attached hydrogens (tertiary/aromatic N) is 3. The number of aromatic nitrogens is 2. The van der Waals surface area contributed by atoms with Crippen LogP contribution in [0.2, 0.25) is 0 Å². The minimum absolute atomic E-state index is 0.0108. The summed E-state index contributed by atoms with van der Waals surface area (Å²) in [5.74, 6) is 2.50. The first kappa shape index (κ1) is 12.9. The van der Waals surface area contributed by atoms with Gasteiger partial charge < -0.3 is 15.2 Å². The Morgan fingerprint density at radius 2 is 2.35 bits per heavy atom. The third-order valence-corrected chi connectivity index (χ3v) is 4.52. The number of likely N-dealkylation sites (N-methyl/N-ethyl adjacent to an activating group) is 1. The molecule has 2 rings (SSSR count). The molecule has 2 unspecified atom stereocenters. The Labute approximate surface area is 106 Å². The number of rotatable bonds is 4. The van der Waals surface area contributed by atoms with Gasteiger partial charge in [-0.25, -0.2) is 0 Å². The van der Waals surface area contributed by atoms with Crippen LogP contribution in [-0.4, -0.2) is 41.4 Å². The van der Waals surface area contributed by atoms with Crippen molar-refractivity contribution < 1.29 is 4.52 Å². The second-order valence-electron chi connectivity index (χ2n) is 5.01. The van der Waals surface area contributed by atoms with Crippen molar-refractivity contribution in [2.75, 3.05) is 26.4 Å². The SMILES string of the molecule is CN(C)CC(N)c1noc(C2(C)CCCS2)n1. The van der Waals surface area contributed by atoms with Gasteiger partial charge >= 0.3 is 0 Å². The van der Waals surface area contributed by atoms with Crippen molar-refractivity contribution in [3.05, 3.63) is 11.7 Å². The molecule has 0 aromatic carbocycles. The quantitative estimate of drug-likeness (QED) is 0.877. The number of hydrogen-bond acceptors (Lipinski definition) is 6. The van der Waals surface area contributed by atoms with E-state index in [1.807, 2.05) is 30.8 Å². The van der Waals surface area contributed by atoms with Crippen LogP contribution in [0.15, 0.2) is 4.52 Å². The van der Waals surface area contributed by atoms with Crippen molar-refractivity contribution in [2.24, 2.45) is 5.73 Å². The van der Waals surface area contributed by atoms with E-state index in [0.29, 0.717) is 5.82 Å². The zero-order chi connectivity index (χ0) is 12.5. The molecule has 1 fully saturated rings. The van der Waals surface area contributed by atoms with Crippen molar-refractivity contribution in [1.82, 2.24) is 15.0 Å². The summed E-state index contributed by atoms with van der Waals surface area (Å²) in [6.45, 7) is 2.89. The van der Waals surface area contributed by atoms with Gasteiger partial charge in [0.15, 0.2) is 5.82 Å². The van der Waals surface area contributed by atoms with Gasteiger partial charge in [0.05, 0.1) is 10.8 Å². The standard InChI is InChI=1S/C11H20N4OS/c1-11(5-4-6-17-11)10-13-9(14-16-10)8(12)7-15(2)3/h8H,4-7,12H2,1-3H3. The fourth-order valence-corrected chi connectivity index (χ4v) is 3.26. The summed E-state index contributed by atoms with van der Waals surface area (Å²) in [7, 11) is 3.96. The summed E-state index contributed by atoms with van der Waals surface area (Å²) in [5.41, 5.74) is 6.02. The van der Waals surface area contributed by atoms with E-state index >= 15 is 0 Å². The van der Waals surface area contributed by atoms with E-state index in [2.05, 4.69) is 17.1 Å². The van der Waals surface area contributed by atoms with E-state index in [1.54, 1.807) is 0 Å². The van der Waals surface area contributed by atoms with Crippen molar-refractivity contribution in [2.45, 2.75) is 30.6 Å². The molecule has 0 saturated carbocycles. The molecule has 0 bridgehead atoms. The van der Waals surface area contributed by atoms with Crippen LogP contribution in [0.5, 0.6) is 0 Å². The van der Waals surface area contributed by atoms with Crippen LogP contribution in [0.3, 0.4) is 0 Å². The summed E-state index contributed by atoms with van der Waals surface area (Å²) in [4.78, 5) is 6.49. The minimum Gasteiger partial charge on any atom is -0.338 e. The van der Waals surface area contributed by atoms with E-state index in [4.69, 9.17) is 10.3 Å². The molecule has 0 radical (unpaired) electrons. The maximum absolute atomic E-state index is 6.02. The molecule has 0 spiro atoms. The highest BCUT2D eigenvalue weighted by molar-refractivity contribution is 8.00. The Kier molecular flexibility index (Phi) is 3.75. The Balaban J connectivity index is 2.10. The molecule has 6 heteroatoms. The smallest absolute Gasteiger partial charge is 0.242 e. The lowest BCUT2D eigenvalue weighted by Gasteiger charge is -2.16. The molecular formula is C11H20N4OS. The normalized spacial score (nSPS) is 26.6. The molecule has 0 aliphatic carbocycles. The van der Waals surface area contributed by atoms with Crippen LogP contribution >= 0.6 is 11.8 Å². The van der Waals surface area contributed by atoms with Crippen LogP contribution in [0.4, 0.5) is 0 Å². The fourth-order valence-electron chi connectivity index (χ4n) is 2.02. The fraction of sp³-hybridized carbons (Fsp3) is 0.818. The highest BCUT2D eigenvalue weighted by Crippen LogP contribution is 2.45. The monoisotopic (exact) mass is 256 g/mol. The molecule has 1 saturated heterocycles. The number of nitrogens with two attached hydrogens (primary N) is 1. The zero-order valence-corrected chi connectivity index (χ0v) is 11.5. The zero-order valence-electron chi connectivity index (χ0n) is 10.6. The number of hydrogen-bond donors (Lipinski definition) is 1. The second-order valence-corrected chi connectivity index (χ2v) is 6.61. The average molecular weight is 256 g/mol. The topological polar surface area (TPSA) is 68.2 Å². The Hall–Kier alpha value is -0.590. The van der Waals surface area contributed by atoms with Gasteiger partial charge in [0.1, 0.15) is 0 Å². The van der Waals surface area contributed by atoms with E-state index in [-0.39, 0.29) is 10.8 Å². The van der Waals surface area contributed by atoms with E-state index in [1.165, 1.54) is 6.42 Å². The van der Waals surface area contributed by atoms with Crippen LogP contribution in [0, 0.1) is 0 Å². The van der Waals surface area contributed by atoms with Gasteiger partial charge in [-0.3, -0.25) is 0 Å². The van der Waals surface area contributed by atoms with Crippen molar-refractivity contribution >= 4 is 11.8 Å². The lowest BCUT2D eigenvalue weighted by atomic mass is 10.1. The summed E-state index contributed by atoms with van der Waals surface area (Å²) < 4.78 is 5.36. The molecule has 5 nitrogen and oxygen atoms in total. The van der Waals surface area contributed by atoms with Gasteiger partial charge in [0.2, 0.25) is 5.89 Å². The minimum atomic E-state index is -0.183. The van der Waals surface area contributed by atoms with Gasteiger partial charge in [-0.15, -0.1) is 11.8 Å². The molecule has 2 atom stereocenters. The molecule has 1 aromatic heterocycles. The summed E-state index contributed by atoms with van der Waals surface area (Å²) >= 11 is 1.89. The van der Waals surface area contributed by atoms with Crippen molar-refractivity contribution in [1.29, 1.82) is 0 Å². The molecule has 0 amide bonds. The highest BCUT2D eigenvalue weighted by atomic mass is 32.2. The maximum Gasteiger partial charge on any atom is 0.242 e. The molecule has 1 aliphatic rings. The molecule has 1 aliphatic heterocycles. The summed E-state index contributed by atoms with van der Waals surface area (Å²) in [5, 5.41) is 4.01. The van der Waals surface area contributed by atoms with Gasteiger partial charge in [-0.05, 0) is 39.6 Å². The Morgan fingerprint density at radius 1 is 1.59 bits per heavy atom. The highest BCUT2D eigenvalue weighted by Gasteiger charge is 2.37.